The van der Waals surface area contributed by atoms with Crippen LogP contribution in [0.25, 0.3) is 0 Å². The summed E-state index contributed by atoms with van der Waals surface area (Å²) in [6.45, 7) is 1.86. The second-order valence-corrected chi connectivity index (χ2v) is 13.9. The SMILES string of the molecule is C[C@H](NC(=O)[C@@H]1CC[C@@]2(S(=O)(=O)c3ccc(F)cc3)c3ccc(C(F)(C(F)(F)F)C(F)(F)F)cc3CC[C@@H]12)C1CCC1. The molecular weight excluding hydrogens is 594 g/mol. The standard InChI is InChI=1S/C29H29F8NO3S/c1-16(17-3-2-4-17)38-25(39)22-13-14-26(42(40,41)21-9-7-20(30)8-10-21)23-12-6-19(15-18(23)5-11-24(22)26)27(31,28(32,33)34)29(35,36)37/h6-10,12,15-17,22,24H,2-5,11,13-14H2,1H3,(H,38,39)/t16-,22+,24-,26+/m0/s1. The van der Waals surface area contributed by atoms with Crippen molar-refractivity contribution in [3.05, 3.63) is 65.0 Å². The number of hydrogen-bond donors (Lipinski definition) is 1. The Labute approximate surface area is 237 Å². The maximum absolute atomic E-state index is 14.9. The van der Waals surface area contributed by atoms with Crippen LogP contribution in [0.1, 0.15) is 62.1 Å². The van der Waals surface area contributed by atoms with Gasteiger partial charge in [-0.2, -0.15) is 26.3 Å². The molecule has 1 N–H and O–H groups in total. The lowest BCUT2D eigenvalue weighted by Crippen LogP contribution is -2.51. The second-order valence-electron chi connectivity index (χ2n) is 11.7. The normalized spacial score (nSPS) is 25.7. The van der Waals surface area contributed by atoms with E-state index in [1.54, 1.807) is 0 Å². The molecule has 0 aliphatic heterocycles. The number of fused-ring (bicyclic) bond motifs is 3. The van der Waals surface area contributed by atoms with Crippen LogP contribution in [-0.2, 0) is 31.5 Å². The zero-order valence-electron chi connectivity index (χ0n) is 22.5. The van der Waals surface area contributed by atoms with Gasteiger partial charge in [0, 0.05) is 17.5 Å². The number of halogens is 8. The van der Waals surface area contributed by atoms with Gasteiger partial charge in [0.25, 0.3) is 0 Å². The summed E-state index contributed by atoms with van der Waals surface area (Å²) in [6.07, 6.45) is -10.0. The largest absolute Gasteiger partial charge is 0.435 e. The molecule has 0 spiro atoms. The van der Waals surface area contributed by atoms with Crippen molar-refractivity contribution in [1.82, 2.24) is 5.32 Å². The number of hydrogen-bond acceptors (Lipinski definition) is 3. The molecule has 0 saturated heterocycles. The fourth-order valence-corrected chi connectivity index (χ4v) is 9.55. The van der Waals surface area contributed by atoms with E-state index in [-0.39, 0.29) is 59.6 Å². The molecule has 2 fully saturated rings. The minimum absolute atomic E-state index is 0.0515. The van der Waals surface area contributed by atoms with Crippen molar-refractivity contribution < 1.29 is 48.3 Å². The number of rotatable bonds is 6. The molecule has 4 nitrogen and oxygen atoms in total. The lowest BCUT2D eigenvalue weighted by Gasteiger charge is -2.43. The highest BCUT2D eigenvalue weighted by Crippen LogP contribution is 2.60. The average molecular weight is 624 g/mol. The van der Waals surface area contributed by atoms with Gasteiger partial charge >= 0.3 is 18.0 Å². The Bertz CT molecular complexity index is 1450. The first-order valence-electron chi connectivity index (χ1n) is 13.7. The number of aryl methyl sites for hydroxylation is 1. The van der Waals surface area contributed by atoms with E-state index in [4.69, 9.17) is 0 Å². The first-order valence-corrected chi connectivity index (χ1v) is 15.2. The number of carbonyl (C=O) groups is 1. The van der Waals surface area contributed by atoms with Gasteiger partial charge in [-0.15, -0.1) is 0 Å². The van der Waals surface area contributed by atoms with Crippen molar-refractivity contribution in [1.29, 1.82) is 0 Å². The highest BCUT2D eigenvalue weighted by Gasteiger charge is 2.74. The van der Waals surface area contributed by atoms with E-state index >= 15 is 0 Å². The molecule has 0 aromatic heterocycles. The molecule has 3 aliphatic carbocycles. The monoisotopic (exact) mass is 623 g/mol. The topological polar surface area (TPSA) is 63.2 Å². The molecule has 2 aromatic rings. The Morgan fingerprint density at radius 3 is 2.10 bits per heavy atom. The first kappa shape index (κ1) is 30.7. The maximum Gasteiger partial charge on any atom is 0.435 e. The van der Waals surface area contributed by atoms with Gasteiger partial charge in [0.1, 0.15) is 10.6 Å². The maximum atomic E-state index is 14.9. The molecule has 230 valence electrons. The summed E-state index contributed by atoms with van der Waals surface area (Å²) >= 11 is 0. The van der Waals surface area contributed by atoms with Crippen molar-refractivity contribution in [3.63, 3.8) is 0 Å². The number of amides is 1. The van der Waals surface area contributed by atoms with Crippen LogP contribution >= 0.6 is 0 Å². The Kier molecular flexibility index (Phi) is 7.46. The molecule has 5 rings (SSSR count). The van der Waals surface area contributed by atoms with Crippen molar-refractivity contribution in [2.75, 3.05) is 0 Å². The Morgan fingerprint density at radius 1 is 0.929 bits per heavy atom. The fourth-order valence-electron chi connectivity index (χ4n) is 7.08. The molecule has 2 saturated carbocycles. The smallest absolute Gasteiger partial charge is 0.353 e. The van der Waals surface area contributed by atoms with Gasteiger partial charge in [0.15, 0.2) is 9.84 Å². The first-order chi connectivity index (χ1) is 19.4. The Hall–Kier alpha value is -2.70. The zero-order chi connectivity index (χ0) is 30.9. The van der Waals surface area contributed by atoms with Crippen LogP contribution in [0.3, 0.4) is 0 Å². The molecule has 0 unspecified atom stereocenters. The van der Waals surface area contributed by atoms with Crippen LogP contribution in [0.5, 0.6) is 0 Å². The van der Waals surface area contributed by atoms with Gasteiger partial charge in [-0.1, -0.05) is 24.6 Å². The molecule has 0 heterocycles. The predicted molar refractivity (Wildman–Crippen MR) is 136 cm³/mol. The summed E-state index contributed by atoms with van der Waals surface area (Å²) in [5.74, 6) is -2.48. The highest BCUT2D eigenvalue weighted by atomic mass is 32.2. The summed E-state index contributed by atoms with van der Waals surface area (Å²) in [6, 6.07) is 5.35. The van der Waals surface area contributed by atoms with Crippen LogP contribution in [0.15, 0.2) is 47.4 Å². The number of alkyl halides is 7. The minimum Gasteiger partial charge on any atom is -0.353 e. The van der Waals surface area contributed by atoms with Crippen LogP contribution < -0.4 is 5.32 Å². The number of benzene rings is 2. The molecular formula is C29H29F8NO3S. The van der Waals surface area contributed by atoms with E-state index in [1.165, 1.54) is 0 Å². The van der Waals surface area contributed by atoms with Gasteiger partial charge in [0.2, 0.25) is 5.91 Å². The van der Waals surface area contributed by atoms with Crippen LogP contribution in [0, 0.1) is 23.6 Å². The van der Waals surface area contributed by atoms with Gasteiger partial charge in [-0.25, -0.2) is 17.2 Å². The third-order valence-electron chi connectivity index (χ3n) is 9.54. The minimum atomic E-state index is -6.33. The van der Waals surface area contributed by atoms with Crippen molar-refractivity contribution in [3.8, 4) is 0 Å². The Balaban J connectivity index is 1.63. The molecule has 0 radical (unpaired) electrons. The lowest BCUT2D eigenvalue weighted by atomic mass is 9.72. The van der Waals surface area contributed by atoms with Crippen molar-refractivity contribution in [2.24, 2.45) is 17.8 Å². The highest BCUT2D eigenvalue weighted by molar-refractivity contribution is 7.92. The third kappa shape index (κ3) is 4.52. The second kappa shape index (κ2) is 10.2. The van der Waals surface area contributed by atoms with Crippen LogP contribution in [0.4, 0.5) is 35.1 Å². The predicted octanol–water partition coefficient (Wildman–Crippen LogP) is 7.06. The molecule has 3 aliphatic rings. The number of nitrogens with one attached hydrogen (secondary N) is 1. The lowest BCUT2D eigenvalue weighted by molar-refractivity contribution is -0.348. The van der Waals surface area contributed by atoms with E-state index in [0.29, 0.717) is 12.1 Å². The van der Waals surface area contributed by atoms with Crippen LogP contribution in [-0.4, -0.2) is 32.7 Å². The molecule has 13 heteroatoms. The molecule has 4 atom stereocenters. The van der Waals surface area contributed by atoms with E-state index in [0.717, 1.165) is 49.6 Å². The van der Waals surface area contributed by atoms with E-state index in [2.05, 4.69) is 5.32 Å². The summed E-state index contributed by atoms with van der Waals surface area (Å²) in [7, 11) is -4.49. The molecule has 2 aromatic carbocycles. The van der Waals surface area contributed by atoms with Crippen molar-refractivity contribution >= 4 is 15.7 Å². The molecule has 0 bridgehead atoms. The summed E-state index contributed by atoms with van der Waals surface area (Å²) < 4.78 is 136. The third-order valence-corrected chi connectivity index (χ3v) is 12.1. The summed E-state index contributed by atoms with van der Waals surface area (Å²) in [5, 5.41) is 2.98. The van der Waals surface area contributed by atoms with Gasteiger partial charge < -0.3 is 5.32 Å². The summed E-state index contributed by atoms with van der Waals surface area (Å²) in [4.78, 5) is 13.2. The van der Waals surface area contributed by atoms with E-state index < -0.39 is 55.8 Å². The summed E-state index contributed by atoms with van der Waals surface area (Å²) in [5.41, 5.74) is -7.62. The number of carbonyl (C=O) groups excluding carboxylic acids is 1. The zero-order valence-corrected chi connectivity index (χ0v) is 23.3. The Morgan fingerprint density at radius 2 is 1.55 bits per heavy atom. The van der Waals surface area contributed by atoms with Crippen LogP contribution in [0.2, 0.25) is 0 Å². The van der Waals surface area contributed by atoms with Gasteiger partial charge in [-0.05, 0) is 92.7 Å². The molecule has 1 amide bonds. The van der Waals surface area contributed by atoms with Gasteiger partial charge in [0.05, 0.1) is 4.90 Å². The number of sulfone groups is 1. The average Bonchev–Trinajstić information content (AvgIpc) is 3.27. The van der Waals surface area contributed by atoms with Gasteiger partial charge in [-0.3, -0.25) is 4.79 Å². The van der Waals surface area contributed by atoms with Crippen molar-refractivity contribution in [2.45, 2.75) is 85.6 Å². The quantitative estimate of drug-likeness (QED) is 0.277. The van der Waals surface area contributed by atoms with E-state index in [9.17, 15) is 48.3 Å². The van der Waals surface area contributed by atoms with E-state index in [1.807, 2.05) is 6.92 Å². The fraction of sp³-hybridized carbons (Fsp3) is 0.552. The molecule has 42 heavy (non-hydrogen) atoms.